The van der Waals surface area contributed by atoms with Crippen molar-refractivity contribution in [3.8, 4) is 22.4 Å². The molecule has 0 radical (unpaired) electrons. The average molecular weight is 765 g/mol. The number of aromatic nitrogens is 3. The molecule has 3 aliphatic rings. The Morgan fingerprint density at radius 1 is 0.789 bits per heavy atom. The second kappa shape index (κ2) is 16.8. The molecule has 2 saturated heterocycles. The number of imidazole rings is 1. The predicted octanol–water partition coefficient (Wildman–Crippen LogP) is 6.73. The lowest BCUT2D eigenvalue weighted by Gasteiger charge is -2.31. The van der Waals surface area contributed by atoms with Crippen molar-refractivity contribution in [3.05, 3.63) is 143 Å². The Morgan fingerprint density at radius 3 is 2.14 bits per heavy atom. The number of nitrogens with one attached hydrogen (secondary N) is 3. The molecule has 12 heteroatoms. The first-order valence-corrected chi connectivity index (χ1v) is 19.7. The topological polar surface area (TPSA) is 159 Å². The minimum Gasteiger partial charge on any atom is -0.453 e. The number of methoxy groups -OCH3 is 1. The van der Waals surface area contributed by atoms with Crippen LogP contribution in [-0.4, -0.2) is 68.9 Å². The molecular weight excluding hydrogens is 717 g/mol. The number of rotatable bonds is 12. The third-order valence-electron chi connectivity index (χ3n) is 11.3. The molecule has 0 unspecified atom stereocenters. The van der Waals surface area contributed by atoms with Crippen LogP contribution in [0.3, 0.4) is 0 Å². The second-order valence-electron chi connectivity index (χ2n) is 14.9. The van der Waals surface area contributed by atoms with E-state index in [-0.39, 0.29) is 23.9 Å². The SMILES string of the molecule is COC(=O)N[C@@H](C(=O)N1CCC[C@H]1C(NCc1ccc(-c2ccc(-c3cnc([C@@H]4CCCN4C(=O)[C@H](N)c4ccccc4)[nH]3)cc2)cn1)=C1CC1)c1ccccc1. The van der Waals surface area contributed by atoms with Crippen molar-refractivity contribution in [2.75, 3.05) is 20.2 Å². The van der Waals surface area contributed by atoms with Crippen LogP contribution in [0.25, 0.3) is 22.4 Å². The highest BCUT2D eigenvalue weighted by atomic mass is 16.5. The summed E-state index contributed by atoms with van der Waals surface area (Å²) in [5.74, 6) is 0.541. The zero-order chi connectivity index (χ0) is 39.3. The molecule has 1 saturated carbocycles. The Kier molecular flexibility index (Phi) is 11.1. The summed E-state index contributed by atoms with van der Waals surface area (Å²) in [6.07, 6.45) is 8.56. The van der Waals surface area contributed by atoms with Gasteiger partial charge in [0.1, 0.15) is 17.9 Å². The van der Waals surface area contributed by atoms with E-state index in [9.17, 15) is 14.4 Å². The van der Waals surface area contributed by atoms with Gasteiger partial charge in [-0.1, -0.05) is 91.0 Å². The lowest BCUT2D eigenvalue weighted by Crippen LogP contribution is -2.47. The Balaban J connectivity index is 0.897. The van der Waals surface area contributed by atoms with Gasteiger partial charge in [-0.3, -0.25) is 14.6 Å². The number of H-pyrrole nitrogens is 1. The van der Waals surface area contributed by atoms with Gasteiger partial charge in [-0.15, -0.1) is 0 Å². The van der Waals surface area contributed by atoms with Gasteiger partial charge >= 0.3 is 6.09 Å². The third-order valence-corrected chi connectivity index (χ3v) is 11.3. The molecule has 12 nitrogen and oxygen atoms in total. The number of carbonyl (C=O) groups excluding carboxylic acids is 3. The van der Waals surface area contributed by atoms with Gasteiger partial charge in [0.15, 0.2) is 0 Å². The lowest BCUT2D eigenvalue weighted by atomic mass is 10.0. The van der Waals surface area contributed by atoms with Crippen molar-refractivity contribution >= 4 is 17.9 Å². The normalized spacial score (nSPS) is 18.5. The summed E-state index contributed by atoms with van der Waals surface area (Å²) in [4.78, 5) is 56.4. The monoisotopic (exact) mass is 764 g/mol. The molecule has 5 N–H and O–H groups in total. The molecule has 292 valence electrons. The van der Waals surface area contributed by atoms with Crippen molar-refractivity contribution < 1.29 is 19.1 Å². The van der Waals surface area contributed by atoms with Crippen LogP contribution in [0, 0.1) is 0 Å². The van der Waals surface area contributed by atoms with E-state index in [2.05, 4.69) is 45.9 Å². The zero-order valence-corrected chi connectivity index (χ0v) is 32.1. The van der Waals surface area contributed by atoms with Crippen LogP contribution in [0.1, 0.15) is 79.3 Å². The molecule has 0 bridgehead atoms. The van der Waals surface area contributed by atoms with Crippen LogP contribution in [0.5, 0.6) is 0 Å². The number of benzene rings is 3. The fraction of sp³-hybridized carbons (Fsp3) is 0.311. The van der Waals surface area contributed by atoms with E-state index in [1.54, 1.807) is 0 Å². The Morgan fingerprint density at radius 2 is 1.46 bits per heavy atom. The van der Waals surface area contributed by atoms with Crippen LogP contribution in [0.2, 0.25) is 0 Å². The van der Waals surface area contributed by atoms with Crippen molar-refractivity contribution in [1.82, 2.24) is 35.4 Å². The molecule has 4 heterocycles. The van der Waals surface area contributed by atoms with Crippen LogP contribution in [0.4, 0.5) is 4.79 Å². The maximum absolute atomic E-state index is 14.0. The van der Waals surface area contributed by atoms with E-state index in [0.717, 1.165) is 83.7 Å². The van der Waals surface area contributed by atoms with Crippen molar-refractivity contribution in [3.63, 3.8) is 0 Å². The van der Waals surface area contributed by atoms with E-state index in [1.165, 1.54) is 12.7 Å². The quantitative estimate of drug-likeness (QED) is 0.109. The standard InChI is InChI=1S/C45H48N8O4/c1-57-45(56)51-41(32-12-6-3-7-13-32)44(55)52-24-8-14-37(52)40(33-20-21-33)48-27-35-23-22-34(26-47-35)29-16-18-30(19-17-29)36-28-49-42(50-36)38-15-9-25-53(38)43(54)39(46)31-10-4-2-5-11-31/h2-7,10-13,16-19,22-23,26,28,37-39,41,48H,8-9,14-15,20-21,24-25,27,46H2,1H3,(H,49,50)(H,51,56)/t37-,38-,39+,41+/m0/s1. The molecule has 4 atom stereocenters. The Hall–Kier alpha value is -6.27. The number of hydrogen-bond acceptors (Lipinski definition) is 8. The van der Waals surface area contributed by atoms with E-state index < -0.39 is 18.2 Å². The Labute approximate surface area is 332 Å². The van der Waals surface area contributed by atoms with E-state index >= 15 is 0 Å². The average Bonchev–Trinajstić information content (AvgIpc) is 3.59. The first kappa shape index (κ1) is 37.6. The van der Waals surface area contributed by atoms with Gasteiger partial charge in [-0.05, 0) is 72.4 Å². The minimum atomic E-state index is -0.838. The molecule has 2 aromatic heterocycles. The Bertz CT molecular complexity index is 2220. The summed E-state index contributed by atoms with van der Waals surface area (Å²) in [5, 5.41) is 6.41. The van der Waals surface area contributed by atoms with E-state index in [1.807, 2.05) is 88.9 Å². The molecule has 3 aromatic carbocycles. The molecule has 8 rings (SSSR count). The molecule has 3 amide bonds. The number of ether oxygens (including phenoxy) is 1. The first-order chi connectivity index (χ1) is 27.9. The van der Waals surface area contributed by atoms with Gasteiger partial charge in [-0.2, -0.15) is 0 Å². The number of alkyl carbamates (subject to hydrolysis) is 1. The summed E-state index contributed by atoms with van der Waals surface area (Å²) in [5.41, 5.74) is 15.2. The number of nitrogens with two attached hydrogens (primary N) is 1. The van der Waals surface area contributed by atoms with Gasteiger partial charge in [0, 0.05) is 30.5 Å². The van der Waals surface area contributed by atoms with E-state index in [4.69, 9.17) is 20.4 Å². The fourth-order valence-corrected chi connectivity index (χ4v) is 8.09. The van der Waals surface area contributed by atoms with Gasteiger partial charge in [0.2, 0.25) is 11.8 Å². The van der Waals surface area contributed by atoms with Gasteiger partial charge < -0.3 is 35.9 Å². The third kappa shape index (κ3) is 8.31. The maximum Gasteiger partial charge on any atom is 0.407 e. The van der Waals surface area contributed by atoms with Crippen LogP contribution >= 0.6 is 0 Å². The summed E-state index contributed by atoms with van der Waals surface area (Å²) < 4.78 is 4.86. The fourth-order valence-electron chi connectivity index (χ4n) is 8.09. The molecule has 3 fully saturated rings. The number of carbonyl (C=O) groups is 3. The molecule has 5 aromatic rings. The summed E-state index contributed by atoms with van der Waals surface area (Å²) in [7, 11) is 1.30. The van der Waals surface area contributed by atoms with Crippen LogP contribution in [-0.2, 0) is 20.9 Å². The minimum absolute atomic E-state index is 0.0854. The number of likely N-dealkylation sites (tertiary alicyclic amines) is 2. The van der Waals surface area contributed by atoms with Crippen LogP contribution in [0.15, 0.2) is 121 Å². The smallest absolute Gasteiger partial charge is 0.407 e. The summed E-state index contributed by atoms with van der Waals surface area (Å²) in [6, 6.07) is 29.4. The highest BCUT2D eigenvalue weighted by Gasteiger charge is 2.39. The van der Waals surface area contributed by atoms with E-state index in [0.29, 0.717) is 25.2 Å². The molecule has 0 spiro atoms. The highest BCUT2D eigenvalue weighted by molar-refractivity contribution is 5.88. The highest BCUT2D eigenvalue weighted by Crippen LogP contribution is 2.38. The molecule has 57 heavy (non-hydrogen) atoms. The molecule has 2 aliphatic heterocycles. The number of hydrogen-bond donors (Lipinski definition) is 4. The first-order valence-electron chi connectivity index (χ1n) is 19.7. The van der Waals surface area contributed by atoms with Crippen molar-refractivity contribution in [2.45, 2.75) is 69.2 Å². The zero-order valence-electron chi connectivity index (χ0n) is 32.1. The number of amides is 3. The predicted molar refractivity (Wildman–Crippen MR) is 217 cm³/mol. The van der Waals surface area contributed by atoms with Gasteiger partial charge in [0.05, 0.1) is 43.3 Å². The number of allylic oxidation sites excluding steroid dienone is 1. The largest absolute Gasteiger partial charge is 0.453 e. The van der Waals surface area contributed by atoms with Crippen molar-refractivity contribution in [1.29, 1.82) is 0 Å². The summed E-state index contributed by atoms with van der Waals surface area (Å²) in [6.45, 7) is 1.80. The number of pyridine rings is 1. The summed E-state index contributed by atoms with van der Waals surface area (Å²) >= 11 is 0. The number of nitrogens with zero attached hydrogens (tertiary/aromatic N) is 4. The van der Waals surface area contributed by atoms with Gasteiger partial charge in [-0.25, -0.2) is 9.78 Å². The van der Waals surface area contributed by atoms with Gasteiger partial charge in [0.25, 0.3) is 0 Å². The number of aromatic amines is 1. The maximum atomic E-state index is 14.0. The molecule has 1 aliphatic carbocycles. The van der Waals surface area contributed by atoms with Crippen molar-refractivity contribution in [2.24, 2.45) is 5.73 Å². The molecular formula is C45H48N8O4. The second-order valence-corrected chi connectivity index (χ2v) is 14.9. The lowest BCUT2D eigenvalue weighted by molar-refractivity contribution is -0.134. The van der Waals surface area contributed by atoms with Crippen LogP contribution < -0.4 is 16.4 Å².